The SMILES string of the molecule is CC(C)n1cnc2c(NCc3cccnc3)nc(N[C@@H]3CCCC[C@@H]3N)nc21. The highest BCUT2D eigenvalue weighted by Gasteiger charge is 2.23. The third kappa shape index (κ3) is 3.91. The molecule has 0 amide bonds. The molecule has 8 nitrogen and oxygen atoms in total. The Bertz CT molecular complexity index is 921. The van der Waals surface area contributed by atoms with Crippen molar-refractivity contribution < 1.29 is 0 Å². The van der Waals surface area contributed by atoms with Crippen molar-refractivity contribution in [3.63, 3.8) is 0 Å². The van der Waals surface area contributed by atoms with Gasteiger partial charge < -0.3 is 20.9 Å². The van der Waals surface area contributed by atoms with Gasteiger partial charge in [0, 0.05) is 37.1 Å². The molecule has 1 aliphatic rings. The van der Waals surface area contributed by atoms with E-state index >= 15 is 0 Å². The van der Waals surface area contributed by atoms with Crippen LogP contribution >= 0.6 is 0 Å². The number of aromatic nitrogens is 5. The van der Waals surface area contributed by atoms with E-state index in [0.29, 0.717) is 12.5 Å². The van der Waals surface area contributed by atoms with Gasteiger partial charge in [0.1, 0.15) is 0 Å². The summed E-state index contributed by atoms with van der Waals surface area (Å²) in [5.41, 5.74) is 9.00. The van der Waals surface area contributed by atoms with Crippen LogP contribution in [0.2, 0.25) is 0 Å². The number of imidazole rings is 1. The predicted molar refractivity (Wildman–Crippen MR) is 111 cm³/mol. The molecule has 1 aliphatic carbocycles. The van der Waals surface area contributed by atoms with Gasteiger partial charge in [0.05, 0.1) is 6.33 Å². The number of nitrogens with zero attached hydrogens (tertiary/aromatic N) is 5. The van der Waals surface area contributed by atoms with Crippen LogP contribution in [0.15, 0.2) is 30.9 Å². The third-order valence-corrected chi connectivity index (χ3v) is 5.29. The Balaban J connectivity index is 1.65. The standard InChI is InChI=1S/C20H28N8/c1-13(2)28-12-24-17-18(23-11-14-6-5-9-22-10-14)26-20(27-19(17)28)25-16-8-4-3-7-15(16)21/h5-6,9-10,12-13,15-16H,3-4,7-8,11,21H2,1-2H3,(H2,23,25,26,27)/t15-,16+/m0/s1. The molecule has 1 saturated carbocycles. The van der Waals surface area contributed by atoms with Crippen molar-refractivity contribution >= 4 is 22.9 Å². The highest BCUT2D eigenvalue weighted by molar-refractivity contribution is 5.84. The lowest BCUT2D eigenvalue weighted by Gasteiger charge is -2.29. The lowest BCUT2D eigenvalue weighted by Crippen LogP contribution is -2.43. The number of fused-ring (bicyclic) bond motifs is 1. The van der Waals surface area contributed by atoms with Crippen LogP contribution in [0.25, 0.3) is 11.2 Å². The van der Waals surface area contributed by atoms with E-state index in [9.17, 15) is 0 Å². The molecular formula is C20H28N8. The fourth-order valence-electron chi connectivity index (χ4n) is 3.68. The molecule has 148 valence electrons. The van der Waals surface area contributed by atoms with Gasteiger partial charge in [0.15, 0.2) is 17.0 Å². The summed E-state index contributed by atoms with van der Waals surface area (Å²) in [7, 11) is 0. The monoisotopic (exact) mass is 380 g/mol. The van der Waals surface area contributed by atoms with Crippen LogP contribution in [0.3, 0.4) is 0 Å². The molecule has 0 aliphatic heterocycles. The van der Waals surface area contributed by atoms with E-state index in [-0.39, 0.29) is 18.1 Å². The van der Waals surface area contributed by atoms with Crippen molar-refractivity contribution in [3.05, 3.63) is 36.4 Å². The average Bonchev–Trinajstić information content (AvgIpc) is 3.13. The minimum Gasteiger partial charge on any atom is -0.364 e. The maximum atomic E-state index is 6.31. The van der Waals surface area contributed by atoms with E-state index in [1.165, 1.54) is 12.8 Å². The molecule has 1 fully saturated rings. The third-order valence-electron chi connectivity index (χ3n) is 5.29. The summed E-state index contributed by atoms with van der Waals surface area (Å²) in [4.78, 5) is 18.2. The van der Waals surface area contributed by atoms with Gasteiger partial charge in [0.2, 0.25) is 5.95 Å². The minimum absolute atomic E-state index is 0.134. The fraction of sp³-hybridized carbons (Fsp3) is 0.500. The average molecular weight is 381 g/mol. The van der Waals surface area contributed by atoms with E-state index in [1.807, 2.05) is 24.7 Å². The summed E-state index contributed by atoms with van der Waals surface area (Å²) < 4.78 is 2.07. The number of rotatable bonds is 6. The zero-order valence-electron chi connectivity index (χ0n) is 16.5. The summed E-state index contributed by atoms with van der Waals surface area (Å²) in [6, 6.07) is 4.56. The summed E-state index contributed by atoms with van der Waals surface area (Å²) in [5, 5.41) is 6.88. The summed E-state index contributed by atoms with van der Waals surface area (Å²) in [5.74, 6) is 1.33. The number of anilines is 2. The van der Waals surface area contributed by atoms with E-state index in [2.05, 4.69) is 39.0 Å². The Morgan fingerprint density at radius 1 is 1.25 bits per heavy atom. The molecule has 4 rings (SSSR count). The maximum Gasteiger partial charge on any atom is 0.227 e. The van der Waals surface area contributed by atoms with E-state index in [1.54, 1.807) is 6.20 Å². The summed E-state index contributed by atoms with van der Waals surface area (Å²) >= 11 is 0. The van der Waals surface area contributed by atoms with Crippen molar-refractivity contribution in [2.24, 2.45) is 5.73 Å². The van der Waals surface area contributed by atoms with Crippen molar-refractivity contribution in [2.75, 3.05) is 10.6 Å². The molecule has 8 heteroatoms. The highest BCUT2D eigenvalue weighted by atomic mass is 15.2. The predicted octanol–water partition coefficient (Wildman–Crippen LogP) is 3.10. The van der Waals surface area contributed by atoms with Gasteiger partial charge in [-0.3, -0.25) is 4.98 Å². The quantitative estimate of drug-likeness (QED) is 0.603. The molecule has 28 heavy (non-hydrogen) atoms. The molecular weight excluding hydrogens is 352 g/mol. The number of nitrogens with two attached hydrogens (primary N) is 1. The van der Waals surface area contributed by atoms with Gasteiger partial charge in [-0.15, -0.1) is 0 Å². The van der Waals surface area contributed by atoms with Crippen LogP contribution in [0, 0.1) is 0 Å². The van der Waals surface area contributed by atoms with Crippen LogP contribution in [0.4, 0.5) is 11.8 Å². The first-order valence-electron chi connectivity index (χ1n) is 10.0. The molecule has 2 atom stereocenters. The first-order chi connectivity index (χ1) is 13.6. The lowest BCUT2D eigenvalue weighted by molar-refractivity contribution is 0.402. The maximum absolute atomic E-state index is 6.31. The second-order valence-corrected chi connectivity index (χ2v) is 7.73. The topological polar surface area (TPSA) is 107 Å². The van der Waals surface area contributed by atoms with Crippen LogP contribution < -0.4 is 16.4 Å². The van der Waals surface area contributed by atoms with Gasteiger partial charge in [-0.25, -0.2) is 4.98 Å². The lowest BCUT2D eigenvalue weighted by atomic mass is 9.91. The van der Waals surface area contributed by atoms with Gasteiger partial charge in [-0.05, 0) is 38.3 Å². The number of nitrogens with one attached hydrogen (secondary N) is 2. The Labute approximate surface area is 165 Å². The Hall–Kier alpha value is -2.74. The van der Waals surface area contributed by atoms with Gasteiger partial charge in [0.25, 0.3) is 0 Å². The summed E-state index contributed by atoms with van der Waals surface area (Å²) in [6.07, 6.45) is 9.90. The highest BCUT2D eigenvalue weighted by Crippen LogP contribution is 2.26. The van der Waals surface area contributed by atoms with Crippen molar-refractivity contribution in [1.82, 2.24) is 24.5 Å². The molecule has 3 aromatic heterocycles. The molecule has 0 aromatic carbocycles. The smallest absolute Gasteiger partial charge is 0.227 e. The van der Waals surface area contributed by atoms with Crippen LogP contribution in [-0.2, 0) is 6.54 Å². The zero-order chi connectivity index (χ0) is 19.5. The van der Waals surface area contributed by atoms with Crippen LogP contribution in [0.1, 0.15) is 51.1 Å². The molecule has 3 aromatic rings. The van der Waals surface area contributed by atoms with E-state index in [4.69, 9.17) is 15.7 Å². The van der Waals surface area contributed by atoms with E-state index < -0.39 is 0 Å². The minimum atomic E-state index is 0.134. The molecule has 0 spiro atoms. The number of pyridine rings is 1. The Morgan fingerprint density at radius 3 is 2.86 bits per heavy atom. The molecule has 3 heterocycles. The second-order valence-electron chi connectivity index (χ2n) is 7.73. The molecule has 0 radical (unpaired) electrons. The molecule has 0 unspecified atom stereocenters. The normalized spacial score (nSPS) is 19.9. The molecule has 4 N–H and O–H groups in total. The summed E-state index contributed by atoms with van der Waals surface area (Å²) in [6.45, 7) is 4.86. The first kappa shape index (κ1) is 18.6. The number of hydrogen-bond donors (Lipinski definition) is 3. The van der Waals surface area contributed by atoms with Crippen molar-refractivity contribution in [2.45, 2.75) is 64.2 Å². The number of hydrogen-bond acceptors (Lipinski definition) is 7. The largest absolute Gasteiger partial charge is 0.364 e. The van der Waals surface area contributed by atoms with Gasteiger partial charge >= 0.3 is 0 Å². The Kier molecular flexibility index (Phi) is 5.38. The fourth-order valence-corrected chi connectivity index (χ4v) is 3.68. The van der Waals surface area contributed by atoms with Gasteiger partial charge in [-0.2, -0.15) is 9.97 Å². The Morgan fingerprint density at radius 2 is 2.11 bits per heavy atom. The zero-order valence-corrected chi connectivity index (χ0v) is 16.5. The van der Waals surface area contributed by atoms with Crippen LogP contribution in [0.5, 0.6) is 0 Å². The van der Waals surface area contributed by atoms with E-state index in [0.717, 1.165) is 35.4 Å². The first-order valence-corrected chi connectivity index (χ1v) is 10.0. The molecule has 0 bridgehead atoms. The van der Waals surface area contributed by atoms with Crippen LogP contribution in [-0.4, -0.2) is 36.6 Å². The van der Waals surface area contributed by atoms with Gasteiger partial charge in [-0.1, -0.05) is 18.9 Å². The van der Waals surface area contributed by atoms with Crippen molar-refractivity contribution in [1.29, 1.82) is 0 Å². The molecule has 0 saturated heterocycles. The van der Waals surface area contributed by atoms with Crippen molar-refractivity contribution in [3.8, 4) is 0 Å². The second kappa shape index (κ2) is 8.10.